The molecule has 26 heavy (non-hydrogen) atoms. The van der Waals surface area contributed by atoms with Crippen LogP contribution in [-0.4, -0.2) is 11.1 Å². The molecule has 0 fully saturated rings. The molecular formula is C23H13ClO2. The highest BCUT2D eigenvalue weighted by molar-refractivity contribution is 6.35. The Morgan fingerprint density at radius 1 is 0.654 bits per heavy atom. The van der Waals surface area contributed by atoms with Crippen LogP contribution in [0.3, 0.4) is 0 Å². The molecule has 2 nitrogen and oxygen atoms in total. The fraction of sp³-hybridized carbons (Fsp3) is 0. The molecule has 0 aliphatic carbocycles. The first-order chi connectivity index (χ1) is 12.6. The highest BCUT2D eigenvalue weighted by Crippen LogP contribution is 2.33. The van der Waals surface area contributed by atoms with E-state index in [4.69, 9.17) is 11.6 Å². The molecule has 0 aliphatic rings. The summed E-state index contributed by atoms with van der Waals surface area (Å²) < 4.78 is 0. The molecule has 0 spiro atoms. The van der Waals surface area contributed by atoms with E-state index in [-0.39, 0.29) is 10.6 Å². The van der Waals surface area contributed by atoms with Crippen LogP contribution in [0.1, 0.15) is 10.4 Å². The third-order valence-electron chi connectivity index (χ3n) is 4.96. The Balaban J connectivity index is 1.90. The van der Waals surface area contributed by atoms with Crippen LogP contribution in [0.15, 0.2) is 72.8 Å². The standard InChI is InChI=1S/C23H13ClO2/c24-21-6-5-15-9-18-10-16-7-13-3-1-2-4-14(13)8-17(16)11-19(18)12-20(15)22(21)23(25)26/h1-12H,(H,25,26). The van der Waals surface area contributed by atoms with Crippen molar-refractivity contribution < 1.29 is 9.90 Å². The van der Waals surface area contributed by atoms with Gasteiger partial charge in [0.2, 0.25) is 0 Å². The van der Waals surface area contributed by atoms with Crippen LogP contribution in [0, 0.1) is 0 Å². The molecule has 0 bridgehead atoms. The van der Waals surface area contributed by atoms with Crippen LogP contribution in [0.4, 0.5) is 0 Å². The molecule has 0 saturated heterocycles. The molecule has 0 aliphatic heterocycles. The van der Waals surface area contributed by atoms with Crippen molar-refractivity contribution in [1.29, 1.82) is 0 Å². The highest BCUT2D eigenvalue weighted by atomic mass is 35.5. The van der Waals surface area contributed by atoms with Crippen molar-refractivity contribution in [2.45, 2.75) is 0 Å². The molecular weight excluding hydrogens is 344 g/mol. The maximum Gasteiger partial charge on any atom is 0.337 e. The van der Waals surface area contributed by atoms with E-state index < -0.39 is 5.97 Å². The van der Waals surface area contributed by atoms with Crippen molar-refractivity contribution in [2.75, 3.05) is 0 Å². The Morgan fingerprint density at radius 3 is 1.73 bits per heavy atom. The minimum absolute atomic E-state index is 0.157. The molecule has 0 radical (unpaired) electrons. The van der Waals surface area contributed by atoms with Gasteiger partial charge in [-0.1, -0.05) is 41.9 Å². The number of rotatable bonds is 1. The van der Waals surface area contributed by atoms with Crippen molar-refractivity contribution in [1.82, 2.24) is 0 Å². The number of hydrogen-bond donors (Lipinski definition) is 1. The van der Waals surface area contributed by atoms with Gasteiger partial charge in [0.25, 0.3) is 0 Å². The number of benzene rings is 5. The van der Waals surface area contributed by atoms with Gasteiger partial charge in [0.15, 0.2) is 0 Å². The Kier molecular flexibility index (Phi) is 3.18. The van der Waals surface area contributed by atoms with Gasteiger partial charge in [-0.2, -0.15) is 0 Å². The van der Waals surface area contributed by atoms with E-state index in [0.717, 1.165) is 21.5 Å². The van der Waals surface area contributed by atoms with Crippen molar-refractivity contribution in [3.05, 3.63) is 83.4 Å². The van der Waals surface area contributed by atoms with E-state index in [1.807, 2.05) is 30.3 Å². The lowest BCUT2D eigenvalue weighted by molar-refractivity contribution is 0.0699. The third kappa shape index (κ3) is 2.23. The molecule has 0 unspecified atom stereocenters. The van der Waals surface area contributed by atoms with E-state index in [0.29, 0.717) is 5.39 Å². The Labute approximate surface area is 154 Å². The molecule has 0 atom stereocenters. The first kappa shape index (κ1) is 15.2. The van der Waals surface area contributed by atoms with Gasteiger partial charge in [-0.05, 0) is 85.6 Å². The van der Waals surface area contributed by atoms with Gasteiger partial charge in [-0.25, -0.2) is 4.79 Å². The van der Waals surface area contributed by atoms with E-state index in [1.54, 1.807) is 6.07 Å². The van der Waals surface area contributed by atoms with E-state index in [2.05, 4.69) is 36.4 Å². The number of aromatic carboxylic acids is 1. The summed E-state index contributed by atoms with van der Waals surface area (Å²) in [6.07, 6.45) is 0. The lowest BCUT2D eigenvalue weighted by Crippen LogP contribution is -1.98. The second-order valence-corrected chi connectivity index (χ2v) is 6.95. The quantitative estimate of drug-likeness (QED) is 0.341. The van der Waals surface area contributed by atoms with Crippen LogP contribution in [-0.2, 0) is 0 Å². The van der Waals surface area contributed by atoms with Gasteiger partial charge in [-0.3, -0.25) is 0 Å². The van der Waals surface area contributed by atoms with Gasteiger partial charge in [0.05, 0.1) is 10.6 Å². The molecule has 0 heterocycles. The fourth-order valence-electron chi connectivity index (χ4n) is 3.71. The maximum absolute atomic E-state index is 11.6. The third-order valence-corrected chi connectivity index (χ3v) is 5.27. The smallest absolute Gasteiger partial charge is 0.337 e. The number of carboxylic acid groups (broad SMARTS) is 1. The molecule has 0 aromatic heterocycles. The molecule has 1 N–H and O–H groups in total. The van der Waals surface area contributed by atoms with Crippen LogP contribution >= 0.6 is 11.6 Å². The first-order valence-electron chi connectivity index (χ1n) is 8.32. The van der Waals surface area contributed by atoms with Gasteiger partial charge in [-0.15, -0.1) is 0 Å². The maximum atomic E-state index is 11.6. The number of carbonyl (C=O) groups is 1. The number of halogens is 1. The van der Waals surface area contributed by atoms with Crippen molar-refractivity contribution >= 4 is 60.7 Å². The summed E-state index contributed by atoms with van der Waals surface area (Å²) in [5, 5.41) is 18.1. The SMILES string of the molecule is O=C(O)c1c(Cl)ccc2cc3cc4cc5ccccc5cc4cc3cc12. The molecule has 5 aromatic carbocycles. The average molecular weight is 357 g/mol. The second-order valence-electron chi connectivity index (χ2n) is 6.55. The lowest BCUT2D eigenvalue weighted by atomic mass is 9.96. The van der Waals surface area contributed by atoms with Crippen molar-refractivity contribution in [2.24, 2.45) is 0 Å². The van der Waals surface area contributed by atoms with Crippen LogP contribution in [0.25, 0.3) is 43.1 Å². The summed E-state index contributed by atoms with van der Waals surface area (Å²) in [5.74, 6) is -1.01. The molecule has 5 rings (SSSR count). The topological polar surface area (TPSA) is 37.3 Å². The van der Waals surface area contributed by atoms with Crippen LogP contribution in [0.2, 0.25) is 5.02 Å². The summed E-state index contributed by atoms with van der Waals surface area (Å²) in [7, 11) is 0. The summed E-state index contributed by atoms with van der Waals surface area (Å²) in [6.45, 7) is 0. The van der Waals surface area contributed by atoms with E-state index >= 15 is 0 Å². The number of hydrogen-bond acceptors (Lipinski definition) is 1. The van der Waals surface area contributed by atoms with Gasteiger partial charge >= 0.3 is 5.97 Å². The zero-order valence-electron chi connectivity index (χ0n) is 13.7. The Hall–Kier alpha value is -3.10. The van der Waals surface area contributed by atoms with Gasteiger partial charge in [0.1, 0.15) is 0 Å². The monoisotopic (exact) mass is 356 g/mol. The summed E-state index contributed by atoms with van der Waals surface area (Å²) in [5.41, 5.74) is 0.157. The predicted octanol–water partition coefficient (Wildman–Crippen LogP) is 6.65. The van der Waals surface area contributed by atoms with Crippen molar-refractivity contribution in [3.8, 4) is 0 Å². The Morgan fingerprint density at radius 2 is 1.15 bits per heavy atom. The summed E-state index contributed by atoms with van der Waals surface area (Å²) in [4.78, 5) is 11.6. The van der Waals surface area contributed by atoms with Crippen LogP contribution < -0.4 is 0 Å². The van der Waals surface area contributed by atoms with Crippen LogP contribution in [0.5, 0.6) is 0 Å². The minimum atomic E-state index is -1.01. The summed E-state index contributed by atoms with van der Waals surface area (Å²) in [6, 6.07) is 24.4. The lowest BCUT2D eigenvalue weighted by Gasteiger charge is -2.09. The molecule has 3 heteroatoms. The predicted molar refractivity (Wildman–Crippen MR) is 108 cm³/mol. The zero-order chi connectivity index (χ0) is 17.8. The average Bonchev–Trinajstić information content (AvgIpc) is 2.62. The second kappa shape index (κ2) is 5.45. The fourth-order valence-corrected chi connectivity index (χ4v) is 3.95. The van der Waals surface area contributed by atoms with Crippen molar-refractivity contribution in [3.63, 3.8) is 0 Å². The molecule has 0 amide bonds. The van der Waals surface area contributed by atoms with Gasteiger partial charge < -0.3 is 5.11 Å². The number of carboxylic acids is 1. The molecule has 5 aromatic rings. The first-order valence-corrected chi connectivity index (χ1v) is 8.70. The largest absolute Gasteiger partial charge is 0.478 e. The Bertz CT molecular complexity index is 1370. The van der Waals surface area contributed by atoms with E-state index in [9.17, 15) is 9.90 Å². The normalized spacial score (nSPS) is 11.6. The molecule has 124 valence electrons. The number of fused-ring (bicyclic) bond motifs is 4. The highest BCUT2D eigenvalue weighted by Gasteiger charge is 2.14. The summed E-state index contributed by atoms with van der Waals surface area (Å²) >= 11 is 6.13. The van der Waals surface area contributed by atoms with E-state index in [1.165, 1.54) is 16.2 Å². The minimum Gasteiger partial charge on any atom is -0.478 e. The van der Waals surface area contributed by atoms with Gasteiger partial charge in [0, 0.05) is 0 Å². The molecule has 0 saturated carbocycles. The zero-order valence-corrected chi connectivity index (χ0v) is 14.4.